The van der Waals surface area contributed by atoms with E-state index in [1.807, 2.05) is 37.3 Å². The first-order chi connectivity index (χ1) is 12.1. The number of hydrogen-bond donors (Lipinski definition) is 2. The van der Waals surface area contributed by atoms with Crippen LogP contribution >= 0.6 is 11.5 Å². The van der Waals surface area contributed by atoms with Crippen LogP contribution in [0.25, 0.3) is 0 Å². The minimum absolute atomic E-state index is 0.131. The van der Waals surface area contributed by atoms with Gasteiger partial charge in [0.2, 0.25) is 0 Å². The molecule has 1 aliphatic heterocycles. The Hall–Kier alpha value is -2.99. The van der Waals surface area contributed by atoms with Crippen LogP contribution in [0.4, 0.5) is 5.69 Å². The highest BCUT2D eigenvalue weighted by Crippen LogP contribution is 2.37. The highest BCUT2D eigenvalue weighted by atomic mass is 32.1. The molecule has 0 spiro atoms. The number of carbonyl (C=O) groups excluding carboxylic acids is 2. The number of nitrogens with one attached hydrogen (secondary N) is 2. The molecule has 2 N–H and O–H groups in total. The Morgan fingerprint density at radius 3 is 2.76 bits per heavy atom. The zero-order chi connectivity index (χ0) is 17.4. The van der Waals surface area contributed by atoms with Crippen LogP contribution in [0.15, 0.2) is 53.9 Å². The van der Waals surface area contributed by atoms with Crippen molar-refractivity contribution in [3.8, 4) is 0 Å². The minimum atomic E-state index is -0.282. The fourth-order valence-electron chi connectivity index (χ4n) is 3.12. The number of nitrogens with zero attached hydrogens (tertiary/aromatic N) is 1. The summed E-state index contributed by atoms with van der Waals surface area (Å²) in [7, 11) is 0. The van der Waals surface area contributed by atoms with Crippen molar-refractivity contribution >= 4 is 29.0 Å². The third kappa shape index (κ3) is 2.70. The van der Waals surface area contributed by atoms with E-state index >= 15 is 0 Å². The molecule has 0 radical (unpaired) electrons. The van der Waals surface area contributed by atoms with Crippen LogP contribution in [0.5, 0.6) is 0 Å². The molecule has 2 amide bonds. The van der Waals surface area contributed by atoms with Gasteiger partial charge in [0, 0.05) is 22.2 Å². The number of benzene rings is 2. The van der Waals surface area contributed by atoms with Gasteiger partial charge in [-0.1, -0.05) is 30.3 Å². The van der Waals surface area contributed by atoms with Crippen molar-refractivity contribution < 1.29 is 9.59 Å². The molecule has 5 nitrogen and oxygen atoms in total. The Morgan fingerprint density at radius 2 is 2.00 bits per heavy atom. The number of aromatic nitrogens is 1. The van der Waals surface area contributed by atoms with Crippen molar-refractivity contribution in [2.24, 2.45) is 0 Å². The van der Waals surface area contributed by atoms with Gasteiger partial charge < -0.3 is 10.6 Å². The number of amides is 2. The monoisotopic (exact) mass is 349 g/mol. The molecular formula is C19H15N3O2S. The summed E-state index contributed by atoms with van der Waals surface area (Å²) in [4.78, 5) is 24.8. The first kappa shape index (κ1) is 15.5. The van der Waals surface area contributed by atoms with Gasteiger partial charge in [-0.2, -0.15) is 4.37 Å². The number of anilines is 1. The Balaban J connectivity index is 1.78. The van der Waals surface area contributed by atoms with E-state index in [4.69, 9.17) is 0 Å². The average molecular weight is 349 g/mol. The minimum Gasteiger partial charge on any atom is -0.341 e. The van der Waals surface area contributed by atoms with Crippen molar-refractivity contribution in [1.82, 2.24) is 9.69 Å². The summed E-state index contributed by atoms with van der Waals surface area (Å²) in [5.74, 6) is -0.412. The van der Waals surface area contributed by atoms with Crippen LogP contribution < -0.4 is 10.6 Å². The molecule has 1 atom stereocenters. The summed E-state index contributed by atoms with van der Waals surface area (Å²) in [6.07, 6.45) is 0. The summed E-state index contributed by atoms with van der Waals surface area (Å²) < 4.78 is 4.06. The number of hydrogen-bond acceptors (Lipinski definition) is 4. The second-order valence-corrected chi connectivity index (χ2v) is 6.53. The fraction of sp³-hybridized carbons (Fsp3) is 0.105. The van der Waals surface area contributed by atoms with Crippen LogP contribution in [0, 0.1) is 6.92 Å². The molecular weight excluding hydrogens is 334 g/mol. The van der Waals surface area contributed by atoms with E-state index in [0.717, 1.165) is 16.7 Å². The normalized spacial score (nSPS) is 15.6. The highest BCUT2D eigenvalue weighted by Gasteiger charge is 2.33. The summed E-state index contributed by atoms with van der Waals surface area (Å²) >= 11 is 1.23. The van der Waals surface area contributed by atoms with Gasteiger partial charge in [0.25, 0.3) is 11.8 Å². The summed E-state index contributed by atoms with van der Waals surface area (Å²) in [5, 5.41) is 7.67. The van der Waals surface area contributed by atoms with Crippen molar-refractivity contribution in [2.75, 3.05) is 5.32 Å². The quantitative estimate of drug-likeness (QED) is 0.760. The van der Waals surface area contributed by atoms with Crippen molar-refractivity contribution in [1.29, 1.82) is 0 Å². The van der Waals surface area contributed by atoms with Crippen LogP contribution in [-0.4, -0.2) is 16.2 Å². The van der Waals surface area contributed by atoms with Gasteiger partial charge in [-0.3, -0.25) is 9.59 Å². The Kier molecular flexibility index (Phi) is 3.82. The Labute approximate surface area is 148 Å². The molecule has 3 aromatic rings. The van der Waals surface area contributed by atoms with Crippen molar-refractivity contribution in [3.05, 3.63) is 81.9 Å². The molecule has 0 bridgehead atoms. The zero-order valence-corrected chi connectivity index (χ0v) is 14.3. The van der Waals surface area contributed by atoms with Crippen LogP contribution in [0.2, 0.25) is 0 Å². The molecule has 4 rings (SSSR count). The third-order valence-corrected chi connectivity index (χ3v) is 4.89. The number of carbonyl (C=O) groups is 2. The molecule has 124 valence electrons. The largest absolute Gasteiger partial charge is 0.341 e. The van der Waals surface area contributed by atoms with Crippen LogP contribution in [0.1, 0.15) is 43.6 Å². The van der Waals surface area contributed by atoms with Crippen molar-refractivity contribution in [3.63, 3.8) is 0 Å². The zero-order valence-electron chi connectivity index (χ0n) is 13.4. The maximum atomic E-state index is 12.4. The second kappa shape index (κ2) is 6.14. The van der Waals surface area contributed by atoms with Gasteiger partial charge in [-0.15, -0.1) is 0 Å². The fourth-order valence-corrected chi connectivity index (χ4v) is 3.63. The second-order valence-electron chi connectivity index (χ2n) is 5.87. The molecule has 6 heteroatoms. The number of rotatable bonds is 3. The van der Waals surface area contributed by atoms with Gasteiger partial charge in [-0.25, -0.2) is 0 Å². The molecule has 1 unspecified atom stereocenters. The predicted octanol–water partition coefficient (Wildman–Crippen LogP) is 3.54. The third-order valence-electron chi connectivity index (χ3n) is 4.33. The molecule has 0 saturated heterocycles. The molecule has 0 aliphatic carbocycles. The van der Waals surface area contributed by atoms with Gasteiger partial charge in [0.1, 0.15) is 5.69 Å². The molecule has 0 fully saturated rings. The standard InChI is InChI=1S/C19H15N3O2S/c1-11-5-2-3-6-12(11)17-16-13(18(23)21-17)7-4-8-14(16)20-19(24)15-9-10-25-22-15/h2-10,17H,1H3,(H,20,24)(H,21,23). The number of aryl methyl sites for hydroxylation is 1. The molecule has 25 heavy (non-hydrogen) atoms. The van der Waals surface area contributed by atoms with Gasteiger partial charge in [0.05, 0.1) is 6.04 Å². The summed E-state index contributed by atoms with van der Waals surface area (Å²) in [5.41, 5.74) is 4.48. The maximum Gasteiger partial charge on any atom is 0.275 e. The average Bonchev–Trinajstić information content (AvgIpc) is 3.25. The smallest absolute Gasteiger partial charge is 0.275 e. The SMILES string of the molecule is Cc1ccccc1C1NC(=O)c2cccc(NC(=O)c3ccsn3)c21. The molecule has 0 saturated carbocycles. The molecule has 2 heterocycles. The van der Waals surface area contributed by atoms with E-state index in [1.165, 1.54) is 11.5 Å². The highest BCUT2D eigenvalue weighted by molar-refractivity contribution is 7.03. The lowest BCUT2D eigenvalue weighted by atomic mass is 9.93. The first-order valence-corrected chi connectivity index (χ1v) is 8.70. The lowest BCUT2D eigenvalue weighted by Gasteiger charge is -2.18. The van der Waals surface area contributed by atoms with E-state index in [9.17, 15) is 9.59 Å². The van der Waals surface area contributed by atoms with E-state index in [-0.39, 0.29) is 17.9 Å². The van der Waals surface area contributed by atoms with Crippen LogP contribution in [-0.2, 0) is 0 Å². The van der Waals surface area contributed by atoms with E-state index < -0.39 is 0 Å². The van der Waals surface area contributed by atoms with Gasteiger partial charge in [-0.05, 0) is 47.8 Å². The Morgan fingerprint density at radius 1 is 1.16 bits per heavy atom. The lowest BCUT2D eigenvalue weighted by molar-refractivity contribution is 0.0959. The van der Waals surface area contributed by atoms with E-state index in [1.54, 1.807) is 23.6 Å². The van der Waals surface area contributed by atoms with E-state index in [2.05, 4.69) is 15.0 Å². The van der Waals surface area contributed by atoms with E-state index in [0.29, 0.717) is 16.9 Å². The summed E-state index contributed by atoms with van der Waals surface area (Å²) in [6.45, 7) is 2.01. The van der Waals surface area contributed by atoms with Crippen LogP contribution in [0.3, 0.4) is 0 Å². The first-order valence-electron chi connectivity index (χ1n) is 7.86. The predicted molar refractivity (Wildman–Crippen MR) is 97.0 cm³/mol. The number of fused-ring (bicyclic) bond motifs is 1. The molecule has 1 aliphatic rings. The molecule has 2 aromatic carbocycles. The van der Waals surface area contributed by atoms with Gasteiger partial charge in [0.15, 0.2) is 0 Å². The molecule has 1 aromatic heterocycles. The Bertz CT molecular complexity index is 967. The maximum absolute atomic E-state index is 12.4. The topological polar surface area (TPSA) is 71.1 Å². The van der Waals surface area contributed by atoms with Crippen molar-refractivity contribution in [2.45, 2.75) is 13.0 Å². The summed E-state index contributed by atoms with van der Waals surface area (Å²) in [6, 6.07) is 14.7. The van der Waals surface area contributed by atoms with Gasteiger partial charge >= 0.3 is 0 Å². The lowest BCUT2D eigenvalue weighted by Crippen LogP contribution is -2.21.